The molecular formula is C25H27N7O4S. The molecule has 3 aromatic rings. The monoisotopic (exact) mass is 521 g/mol. The second-order valence-corrected chi connectivity index (χ2v) is 11.8. The number of anilines is 2. The van der Waals surface area contributed by atoms with E-state index in [0.29, 0.717) is 56.3 Å². The summed E-state index contributed by atoms with van der Waals surface area (Å²) in [5.41, 5.74) is 2.00. The van der Waals surface area contributed by atoms with Gasteiger partial charge in [-0.3, -0.25) is 14.5 Å². The minimum Gasteiger partial charge on any atom is -0.381 e. The van der Waals surface area contributed by atoms with Crippen LogP contribution in [0.3, 0.4) is 0 Å². The molecule has 1 aliphatic heterocycles. The van der Waals surface area contributed by atoms with Crippen molar-refractivity contribution in [3.63, 3.8) is 0 Å². The first-order valence-electron chi connectivity index (χ1n) is 12.5. The number of nitrogens with zero attached hydrogens (tertiary/aromatic N) is 5. The Balaban J connectivity index is 1.22. The second-order valence-electron chi connectivity index (χ2n) is 9.80. The van der Waals surface area contributed by atoms with Crippen LogP contribution >= 0.6 is 0 Å². The van der Waals surface area contributed by atoms with Gasteiger partial charge in [0.25, 0.3) is 0 Å². The molecule has 2 aliphatic carbocycles. The van der Waals surface area contributed by atoms with Crippen LogP contribution in [0.4, 0.5) is 11.8 Å². The van der Waals surface area contributed by atoms with Gasteiger partial charge in [-0.2, -0.15) is 0 Å². The highest BCUT2D eigenvalue weighted by atomic mass is 32.2. The minimum absolute atomic E-state index is 0.0277. The van der Waals surface area contributed by atoms with E-state index in [9.17, 15) is 13.2 Å². The van der Waals surface area contributed by atoms with Crippen molar-refractivity contribution in [2.24, 2.45) is 0 Å². The van der Waals surface area contributed by atoms with Gasteiger partial charge >= 0.3 is 0 Å². The van der Waals surface area contributed by atoms with Gasteiger partial charge < -0.3 is 10.1 Å². The van der Waals surface area contributed by atoms with Gasteiger partial charge in [0.15, 0.2) is 0 Å². The van der Waals surface area contributed by atoms with E-state index in [4.69, 9.17) is 9.72 Å². The molecule has 0 unspecified atom stereocenters. The van der Waals surface area contributed by atoms with Crippen molar-refractivity contribution < 1.29 is 17.9 Å². The van der Waals surface area contributed by atoms with Crippen LogP contribution < -0.4 is 10.0 Å². The van der Waals surface area contributed by atoms with Gasteiger partial charge in [-0.1, -0.05) is 0 Å². The van der Waals surface area contributed by atoms with Gasteiger partial charge in [0.2, 0.25) is 21.9 Å². The van der Waals surface area contributed by atoms with Crippen molar-refractivity contribution in [3.05, 3.63) is 54.4 Å². The quantitative estimate of drug-likeness (QED) is 0.456. The number of nitrogens with one attached hydrogen (secondary N) is 2. The van der Waals surface area contributed by atoms with Gasteiger partial charge in [0.05, 0.1) is 33.9 Å². The van der Waals surface area contributed by atoms with Crippen molar-refractivity contribution in [1.82, 2.24) is 24.9 Å². The highest BCUT2D eigenvalue weighted by Crippen LogP contribution is 2.39. The molecule has 3 aliphatic rings. The van der Waals surface area contributed by atoms with Gasteiger partial charge in [-0.25, -0.2) is 28.4 Å². The average Bonchev–Trinajstić information content (AvgIpc) is 3.82. The maximum absolute atomic E-state index is 13.7. The van der Waals surface area contributed by atoms with E-state index in [1.54, 1.807) is 24.5 Å². The molecule has 2 saturated carbocycles. The molecule has 3 aromatic heterocycles. The summed E-state index contributed by atoms with van der Waals surface area (Å²) in [6, 6.07) is 5.25. The third-order valence-corrected chi connectivity index (χ3v) is 8.89. The third kappa shape index (κ3) is 5.03. The average molecular weight is 522 g/mol. The number of carbonyl (C=O) groups is 1. The fourth-order valence-electron chi connectivity index (χ4n) is 4.53. The molecule has 37 heavy (non-hydrogen) atoms. The Kier molecular flexibility index (Phi) is 6.07. The molecule has 192 valence electrons. The highest BCUT2D eigenvalue weighted by Gasteiger charge is 2.44. The van der Waals surface area contributed by atoms with E-state index in [-0.39, 0.29) is 11.9 Å². The first-order valence-corrected chi connectivity index (χ1v) is 14.0. The number of sulfonamides is 1. The maximum atomic E-state index is 13.7. The first kappa shape index (κ1) is 23.9. The lowest BCUT2D eigenvalue weighted by Crippen LogP contribution is -2.45. The van der Waals surface area contributed by atoms with Crippen LogP contribution in [-0.4, -0.2) is 57.7 Å². The fourth-order valence-corrected chi connectivity index (χ4v) is 5.81. The summed E-state index contributed by atoms with van der Waals surface area (Å²) in [6.07, 6.45) is 11.0. The molecule has 0 radical (unpaired) electrons. The molecule has 0 aromatic carbocycles. The first-order chi connectivity index (χ1) is 17.9. The number of rotatable bonds is 8. The van der Waals surface area contributed by atoms with E-state index in [1.807, 2.05) is 12.3 Å². The topological polar surface area (TPSA) is 149 Å². The van der Waals surface area contributed by atoms with Gasteiger partial charge in [-0.15, -0.1) is 0 Å². The van der Waals surface area contributed by atoms with Gasteiger partial charge in [-0.05, 0) is 56.7 Å². The van der Waals surface area contributed by atoms with Crippen LogP contribution in [0.2, 0.25) is 0 Å². The third-order valence-electron chi connectivity index (χ3n) is 7.07. The summed E-state index contributed by atoms with van der Waals surface area (Å²) in [6.45, 7) is 0.756. The lowest BCUT2D eigenvalue weighted by molar-refractivity contribution is -0.125. The number of ether oxygens (including phenoxy) is 1. The van der Waals surface area contributed by atoms with Crippen LogP contribution in [0, 0.1) is 0 Å². The van der Waals surface area contributed by atoms with Crippen molar-refractivity contribution in [2.75, 3.05) is 23.3 Å². The maximum Gasteiger partial charge on any atom is 0.237 e. The summed E-state index contributed by atoms with van der Waals surface area (Å²) in [7, 11) is -3.53. The normalized spacial score (nSPS) is 19.2. The predicted octanol–water partition coefficient (Wildman–Crippen LogP) is 2.80. The molecule has 3 fully saturated rings. The minimum atomic E-state index is -3.53. The van der Waals surface area contributed by atoms with E-state index in [1.165, 1.54) is 6.20 Å². The van der Waals surface area contributed by atoms with Crippen LogP contribution in [0.5, 0.6) is 0 Å². The van der Waals surface area contributed by atoms with E-state index >= 15 is 0 Å². The Morgan fingerprint density at radius 3 is 2.49 bits per heavy atom. The Labute approximate surface area is 214 Å². The molecule has 0 atom stereocenters. The number of pyridine rings is 1. The number of amides is 1. The number of aromatic nitrogens is 5. The lowest BCUT2D eigenvalue weighted by Gasteiger charge is -2.35. The zero-order valence-electron chi connectivity index (χ0n) is 20.1. The molecular weight excluding hydrogens is 494 g/mol. The van der Waals surface area contributed by atoms with E-state index < -0.39 is 20.7 Å². The van der Waals surface area contributed by atoms with Crippen LogP contribution in [0.25, 0.3) is 11.3 Å². The summed E-state index contributed by atoms with van der Waals surface area (Å²) in [5, 5.41) is 2.52. The van der Waals surface area contributed by atoms with E-state index in [0.717, 1.165) is 29.8 Å². The number of hydrogen-bond donors (Lipinski definition) is 2. The molecule has 2 N–H and O–H groups in total. The van der Waals surface area contributed by atoms with Gasteiger partial charge in [0, 0.05) is 43.3 Å². The highest BCUT2D eigenvalue weighted by molar-refractivity contribution is 7.93. The molecule has 1 amide bonds. The van der Waals surface area contributed by atoms with Crippen molar-refractivity contribution in [3.8, 4) is 11.3 Å². The summed E-state index contributed by atoms with van der Waals surface area (Å²) < 4.78 is 32.8. The number of hydrogen-bond acceptors (Lipinski definition) is 9. The van der Waals surface area contributed by atoms with Crippen molar-refractivity contribution in [2.45, 2.75) is 55.1 Å². The smallest absolute Gasteiger partial charge is 0.237 e. The van der Waals surface area contributed by atoms with Crippen molar-refractivity contribution in [1.29, 1.82) is 0 Å². The Morgan fingerprint density at radius 2 is 1.78 bits per heavy atom. The second kappa shape index (κ2) is 9.42. The zero-order chi connectivity index (χ0) is 25.5. The zero-order valence-corrected chi connectivity index (χ0v) is 20.9. The molecule has 1 saturated heterocycles. The van der Waals surface area contributed by atoms with E-state index in [2.05, 4.69) is 30.0 Å². The molecule has 0 spiro atoms. The molecule has 12 heteroatoms. The fraction of sp³-hybridized carbons (Fsp3) is 0.440. The predicted molar refractivity (Wildman–Crippen MR) is 135 cm³/mol. The number of carbonyl (C=O) groups excluding carboxylic acids is 1. The van der Waals surface area contributed by atoms with Gasteiger partial charge in [0.1, 0.15) is 5.82 Å². The summed E-state index contributed by atoms with van der Waals surface area (Å²) in [5.74, 6) is 0.594. The summed E-state index contributed by atoms with van der Waals surface area (Å²) in [4.78, 5) is 35.6. The lowest BCUT2D eigenvalue weighted by atomic mass is 9.76. The van der Waals surface area contributed by atoms with Crippen LogP contribution in [0.1, 0.15) is 55.8 Å². The standard InChI is InChI=1S/C25H27N7O4S/c33-23(31-22-6-3-17(13-28-22)20-15-26-14-19(29-20)16-1-2-16)25(8-11-36-12-9-25)21-7-10-27-24(30-21)32-37(34,35)18-4-5-18/h3,6-7,10,13-16,18H,1-2,4-5,8-9,11-12H2,(H,27,30,32)(H,28,31,33). The Hall–Kier alpha value is -3.51. The molecule has 0 bridgehead atoms. The van der Waals surface area contributed by atoms with Crippen LogP contribution in [0.15, 0.2) is 43.0 Å². The largest absolute Gasteiger partial charge is 0.381 e. The molecule has 4 heterocycles. The Bertz CT molecular complexity index is 1420. The molecule has 11 nitrogen and oxygen atoms in total. The molecule has 6 rings (SSSR count). The van der Waals surface area contributed by atoms with Crippen molar-refractivity contribution >= 4 is 27.7 Å². The Morgan fingerprint density at radius 1 is 0.973 bits per heavy atom. The SMILES string of the molecule is O=C(Nc1ccc(-c2cncc(C3CC3)n2)cn1)C1(c2ccnc(NS(=O)(=O)C3CC3)n2)CCOCC1. The van der Waals surface area contributed by atoms with Crippen LogP contribution in [-0.2, 0) is 25.0 Å². The summed E-state index contributed by atoms with van der Waals surface area (Å²) >= 11 is 0.